The second-order valence-electron chi connectivity index (χ2n) is 4.35. The summed E-state index contributed by atoms with van der Waals surface area (Å²) in [5.74, 6) is 0.117. The molecule has 1 aliphatic heterocycles. The number of benzene rings is 1. The molecule has 0 saturated carbocycles. The first-order chi connectivity index (χ1) is 8.61. The van der Waals surface area contributed by atoms with Crippen LogP contribution in [0.3, 0.4) is 0 Å². The van der Waals surface area contributed by atoms with E-state index in [-0.39, 0.29) is 5.91 Å². The Morgan fingerprint density at radius 2 is 2.00 bits per heavy atom. The van der Waals surface area contributed by atoms with E-state index >= 15 is 0 Å². The topological polar surface area (TPSA) is 23.6 Å². The normalized spacial score (nSPS) is 16.9. The summed E-state index contributed by atoms with van der Waals surface area (Å²) in [6.45, 7) is 6.76. The Morgan fingerprint density at radius 1 is 1.33 bits per heavy atom. The Labute approximate surface area is 126 Å². The first kappa shape index (κ1) is 14.1. The third-order valence-corrected chi connectivity index (χ3v) is 4.40. The predicted octanol–water partition coefficient (Wildman–Crippen LogP) is 2.72. The maximum Gasteiger partial charge on any atom is 0.255 e. The zero-order valence-corrected chi connectivity index (χ0v) is 13.2. The van der Waals surface area contributed by atoms with Gasteiger partial charge in [0.15, 0.2) is 0 Å². The Kier molecular flexibility index (Phi) is 4.86. The van der Waals surface area contributed by atoms with Crippen LogP contribution in [0.15, 0.2) is 18.2 Å². The molecular weight excluding hydrogens is 363 g/mol. The molecule has 0 unspecified atom stereocenters. The van der Waals surface area contributed by atoms with Crippen molar-refractivity contribution in [3.05, 3.63) is 32.4 Å². The highest BCUT2D eigenvalue weighted by atomic mass is 127. The van der Waals surface area contributed by atoms with Crippen LogP contribution in [0.1, 0.15) is 17.3 Å². The van der Waals surface area contributed by atoms with Crippen LogP contribution in [-0.4, -0.2) is 48.4 Å². The van der Waals surface area contributed by atoms with Crippen molar-refractivity contribution in [2.75, 3.05) is 32.7 Å². The highest BCUT2D eigenvalue weighted by Crippen LogP contribution is 2.20. The fraction of sp³-hybridized carbons (Fsp3) is 0.462. The van der Waals surface area contributed by atoms with E-state index in [0.29, 0.717) is 5.02 Å². The third-order valence-electron chi connectivity index (χ3n) is 3.27. The van der Waals surface area contributed by atoms with Crippen LogP contribution in [-0.2, 0) is 0 Å². The van der Waals surface area contributed by atoms with E-state index in [9.17, 15) is 4.79 Å². The first-order valence-electron chi connectivity index (χ1n) is 6.08. The van der Waals surface area contributed by atoms with Gasteiger partial charge in [-0.05, 0) is 47.3 Å². The van der Waals surface area contributed by atoms with Gasteiger partial charge in [0.25, 0.3) is 5.91 Å². The van der Waals surface area contributed by atoms with Gasteiger partial charge in [0.2, 0.25) is 0 Å². The minimum Gasteiger partial charge on any atom is -0.336 e. The van der Waals surface area contributed by atoms with Crippen molar-refractivity contribution in [3.63, 3.8) is 0 Å². The summed E-state index contributed by atoms with van der Waals surface area (Å²) < 4.78 is 0.919. The third kappa shape index (κ3) is 3.16. The van der Waals surface area contributed by atoms with Crippen molar-refractivity contribution >= 4 is 40.1 Å². The van der Waals surface area contributed by atoms with Crippen LogP contribution in [0.4, 0.5) is 0 Å². The molecule has 5 heteroatoms. The van der Waals surface area contributed by atoms with E-state index < -0.39 is 0 Å². The summed E-state index contributed by atoms with van der Waals surface area (Å²) in [7, 11) is 0. The van der Waals surface area contributed by atoms with Gasteiger partial charge in [0.05, 0.1) is 5.56 Å². The lowest BCUT2D eigenvalue weighted by atomic mass is 10.2. The molecule has 0 atom stereocenters. The van der Waals surface area contributed by atoms with Gasteiger partial charge in [0, 0.05) is 34.8 Å². The highest BCUT2D eigenvalue weighted by molar-refractivity contribution is 14.1. The summed E-state index contributed by atoms with van der Waals surface area (Å²) in [5, 5.41) is 0.673. The van der Waals surface area contributed by atoms with Crippen molar-refractivity contribution in [2.24, 2.45) is 0 Å². The van der Waals surface area contributed by atoms with E-state index in [0.717, 1.165) is 41.9 Å². The zero-order valence-electron chi connectivity index (χ0n) is 10.3. The van der Waals surface area contributed by atoms with E-state index in [1.807, 2.05) is 17.0 Å². The standard InChI is InChI=1S/C13H16ClIN2O/c1-2-16-5-7-17(8-6-16)13(18)11-4-3-10(14)9-12(11)15/h3-4,9H,2,5-8H2,1H3. The van der Waals surface area contributed by atoms with Gasteiger partial charge in [0.1, 0.15) is 0 Å². The highest BCUT2D eigenvalue weighted by Gasteiger charge is 2.22. The molecule has 1 amide bonds. The van der Waals surface area contributed by atoms with Crippen LogP contribution in [0.2, 0.25) is 5.02 Å². The molecule has 1 heterocycles. The second kappa shape index (κ2) is 6.21. The summed E-state index contributed by atoms with van der Waals surface area (Å²) in [5.41, 5.74) is 0.755. The molecule has 1 aliphatic rings. The second-order valence-corrected chi connectivity index (χ2v) is 5.95. The Balaban J connectivity index is 2.08. The lowest BCUT2D eigenvalue weighted by molar-refractivity contribution is 0.0642. The molecule has 0 radical (unpaired) electrons. The van der Waals surface area contributed by atoms with Crippen molar-refractivity contribution in [3.8, 4) is 0 Å². The average Bonchev–Trinajstić information content (AvgIpc) is 2.38. The van der Waals surface area contributed by atoms with E-state index in [1.165, 1.54) is 0 Å². The number of hydrogen-bond acceptors (Lipinski definition) is 2. The van der Waals surface area contributed by atoms with Crippen LogP contribution < -0.4 is 0 Å². The fourth-order valence-corrected chi connectivity index (χ4v) is 3.20. The van der Waals surface area contributed by atoms with E-state index in [2.05, 4.69) is 34.4 Å². The van der Waals surface area contributed by atoms with Gasteiger partial charge in [-0.15, -0.1) is 0 Å². The number of piperazine rings is 1. The molecule has 2 rings (SSSR count). The van der Waals surface area contributed by atoms with Crippen molar-refractivity contribution in [1.82, 2.24) is 9.80 Å². The zero-order chi connectivity index (χ0) is 13.1. The van der Waals surface area contributed by atoms with Gasteiger partial charge >= 0.3 is 0 Å². The molecule has 0 spiro atoms. The number of carbonyl (C=O) groups excluding carboxylic acids is 1. The van der Waals surface area contributed by atoms with Gasteiger partial charge in [-0.2, -0.15) is 0 Å². The molecule has 0 aromatic heterocycles. The molecule has 1 aromatic rings. The van der Waals surface area contributed by atoms with Crippen LogP contribution in [0, 0.1) is 3.57 Å². The van der Waals surface area contributed by atoms with Gasteiger partial charge in [-0.3, -0.25) is 4.79 Å². The Bertz CT molecular complexity index is 445. The van der Waals surface area contributed by atoms with Crippen molar-refractivity contribution in [2.45, 2.75) is 6.92 Å². The van der Waals surface area contributed by atoms with Crippen LogP contribution in [0.25, 0.3) is 0 Å². The minimum atomic E-state index is 0.117. The number of rotatable bonds is 2. The Morgan fingerprint density at radius 3 is 2.56 bits per heavy atom. The molecular formula is C13H16ClIN2O. The number of hydrogen-bond donors (Lipinski definition) is 0. The predicted molar refractivity (Wildman–Crippen MR) is 82.2 cm³/mol. The SMILES string of the molecule is CCN1CCN(C(=O)c2ccc(Cl)cc2I)CC1. The largest absolute Gasteiger partial charge is 0.336 e. The van der Waals surface area contributed by atoms with Crippen LogP contribution in [0.5, 0.6) is 0 Å². The Hall–Kier alpha value is -0.330. The number of likely N-dealkylation sites (N-methyl/N-ethyl adjacent to an activating group) is 1. The van der Waals surface area contributed by atoms with E-state index in [1.54, 1.807) is 6.07 Å². The van der Waals surface area contributed by atoms with Crippen molar-refractivity contribution in [1.29, 1.82) is 0 Å². The van der Waals surface area contributed by atoms with Gasteiger partial charge in [-0.1, -0.05) is 18.5 Å². The number of nitrogens with zero attached hydrogens (tertiary/aromatic N) is 2. The first-order valence-corrected chi connectivity index (χ1v) is 7.54. The maximum absolute atomic E-state index is 12.4. The van der Waals surface area contributed by atoms with Crippen LogP contribution >= 0.6 is 34.2 Å². The molecule has 3 nitrogen and oxygen atoms in total. The maximum atomic E-state index is 12.4. The molecule has 0 aliphatic carbocycles. The molecule has 18 heavy (non-hydrogen) atoms. The summed E-state index contributed by atoms with van der Waals surface area (Å²) in [6.07, 6.45) is 0. The minimum absolute atomic E-state index is 0.117. The average molecular weight is 379 g/mol. The summed E-state index contributed by atoms with van der Waals surface area (Å²) >= 11 is 8.08. The summed E-state index contributed by atoms with van der Waals surface area (Å²) in [6, 6.07) is 5.43. The summed E-state index contributed by atoms with van der Waals surface area (Å²) in [4.78, 5) is 16.7. The molecule has 1 aromatic carbocycles. The van der Waals surface area contributed by atoms with Crippen molar-refractivity contribution < 1.29 is 4.79 Å². The van der Waals surface area contributed by atoms with Gasteiger partial charge < -0.3 is 9.80 Å². The van der Waals surface area contributed by atoms with E-state index in [4.69, 9.17) is 11.6 Å². The number of amides is 1. The molecule has 1 fully saturated rings. The molecule has 0 bridgehead atoms. The molecule has 0 N–H and O–H groups in total. The van der Waals surface area contributed by atoms with Gasteiger partial charge in [-0.25, -0.2) is 0 Å². The fourth-order valence-electron chi connectivity index (χ4n) is 2.10. The lowest BCUT2D eigenvalue weighted by Gasteiger charge is -2.34. The monoisotopic (exact) mass is 378 g/mol. The quantitative estimate of drug-likeness (QED) is 0.739. The number of carbonyl (C=O) groups is 1. The molecule has 98 valence electrons. The molecule has 1 saturated heterocycles. The smallest absolute Gasteiger partial charge is 0.255 e. The lowest BCUT2D eigenvalue weighted by Crippen LogP contribution is -2.48. The number of halogens is 2.